The quantitative estimate of drug-likeness (QED) is 0.865. The maximum atomic E-state index is 3.43. The molecule has 1 nitrogen and oxygen atoms in total. The minimum atomic E-state index is 0.327. The molecule has 1 rings (SSSR count). The summed E-state index contributed by atoms with van der Waals surface area (Å²) in [5.74, 6) is 1.11. The van der Waals surface area contributed by atoms with Crippen molar-refractivity contribution >= 4 is 11.8 Å². The van der Waals surface area contributed by atoms with Crippen molar-refractivity contribution in [2.24, 2.45) is 0 Å². The first-order valence-corrected chi connectivity index (χ1v) is 7.20. The molecule has 1 aromatic carbocycles. The zero-order chi connectivity index (χ0) is 13.1. The first-order valence-electron chi connectivity index (χ1n) is 6.22. The number of hydrogen-bond donors (Lipinski definition) is 1. The molecule has 96 valence electrons. The highest BCUT2D eigenvalue weighted by atomic mass is 32.2. The zero-order valence-electron chi connectivity index (χ0n) is 11.9. The molecule has 17 heavy (non-hydrogen) atoms. The lowest BCUT2D eigenvalue weighted by Gasteiger charge is -2.24. The van der Waals surface area contributed by atoms with E-state index >= 15 is 0 Å². The van der Waals surface area contributed by atoms with Crippen LogP contribution in [0.2, 0.25) is 0 Å². The summed E-state index contributed by atoms with van der Waals surface area (Å²) in [4.78, 5) is 0. The Hall–Kier alpha value is -0.470. The van der Waals surface area contributed by atoms with Crippen molar-refractivity contribution in [3.63, 3.8) is 0 Å². The normalized spacial score (nSPS) is 13.8. The van der Waals surface area contributed by atoms with Crippen LogP contribution < -0.4 is 5.32 Å². The SMILES string of the molecule is CNC(CSC(C)(C)C)c1ccc(C)cc1C. The monoisotopic (exact) mass is 251 g/mol. The molecule has 0 aliphatic heterocycles. The molecule has 0 saturated heterocycles. The Morgan fingerprint density at radius 1 is 1.24 bits per heavy atom. The van der Waals surface area contributed by atoms with E-state index in [1.807, 2.05) is 18.8 Å². The molecule has 0 bridgehead atoms. The van der Waals surface area contributed by atoms with Crippen LogP contribution in [-0.4, -0.2) is 17.5 Å². The third-order valence-electron chi connectivity index (χ3n) is 2.83. The maximum Gasteiger partial charge on any atom is 0.0412 e. The standard InChI is InChI=1S/C15H25NS/c1-11-7-8-13(12(2)9-11)14(16-6)10-17-15(3,4)5/h7-9,14,16H,10H2,1-6H3. The van der Waals surface area contributed by atoms with Gasteiger partial charge in [-0.15, -0.1) is 0 Å². The van der Waals surface area contributed by atoms with Crippen LogP contribution in [0.1, 0.15) is 43.5 Å². The van der Waals surface area contributed by atoms with E-state index in [2.05, 4.69) is 58.1 Å². The van der Waals surface area contributed by atoms with Gasteiger partial charge in [0.2, 0.25) is 0 Å². The second-order valence-corrected chi connectivity index (χ2v) is 7.47. The van der Waals surface area contributed by atoms with E-state index in [1.54, 1.807) is 0 Å². The average Bonchev–Trinajstić information content (AvgIpc) is 2.19. The largest absolute Gasteiger partial charge is 0.312 e. The summed E-state index contributed by atoms with van der Waals surface area (Å²) >= 11 is 2.01. The van der Waals surface area contributed by atoms with Gasteiger partial charge in [-0.2, -0.15) is 11.8 Å². The second-order valence-electron chi connectivity index (χ2n) is 5.62. The van der Waals surface area contributed by atoms with Gasteiger partial charge in [0.15, 0.2) is 0 Å². The zero-order valence-corrected chi connectivity index (χ0v) is 12.7. The van der Waals surface area contributed by atoms with Gasteiger partial charge in [0.05, 0.1) is 0 Å². The van der Waals surface area contributed by atoms with Crippen LogP contribution in [0, 0.1) is 13.8 Å². The van der Waals surface area contributed by atoms with Crippen molar-refractivity contribution in [3.05, 3.63) is 34.9 Å². The Morgan fingerprint density at radius 2 is 1.88 bits per heavy atom. The van der Waals surface area contributed by atoms with Gasteiger partial charge in [-0.1, -0.05) is 44.5 Å². The molecule has 0 amide bonds. The summed E-state index contributed by atoms with van der Waals surface area (Å²) in [5.41, 5.74) is 4.15. The predicted octanol–water partition coefficient (Wildman–Crippen LogP) is 4.10. The third kappa shape index (κ3) is 4.72. The molecule has 0 heterocycles. The van der Waals surface area contributed by atoms with Crippen molar-refractivity contribution in [1.82, 2.24) is 5.32 Å². The van der Waals surface area contributed by atoms with Crippen LogP contribution in [0.5, 0.6) is 0 Å². The Balaban J connectivity index is 2.79. The van der Waals surface area contributed by atoms with Crippen molar-refractivity contribution < 1.29 is 0 Å². The summed E-state index contributed by atoms with van der Waals surface area (Å²) in [6.07, 6.45) is 0. The Morgan fingerprint density at radius 3 is 2.35 bits per heavy atom. The van der Waals surface area contributed by atoms with Gasteiger partial charge in [-0.25, -0.2) is 0 Å². The first kappa shape index (κ1) is 14.6. The van der Waals surface area contributed by atoms with Crippen LogP contribution in [0.3, 0.4) is 0 Å². The van der Waals surface area contributed by atoms with E-state index in [0.717, 1.165) is 5.75 Å². The molecule has 2 heteroatoms. The fourth-order valence-corrected chi connectivity index (χ4v) is 2.89. The first-order chi connectivity index (χ1) is 7.83. The van der Waals surface area contributed by atoms with Gasteiger partial charge in [0, 0.05) is 16.5 Å². The predicted molar refractivity (Wildman–Crippen MR) is 79.9 cm³/mol. The van der Waals surface area contributed by atoms with E-state index < -0.39 is 0 Å². The van der Waals surface area contributed by atoms with Gasteiger partial charge in [0.25, 0.3) is 0 Å². The Labute approximate surface area is 110 Å². The molecule has 0 saturated carbocycles. The van der Waals surface area contributed by atoms with Gasteiger partial charge in [0.1, 0.15) is 0 Å². The summed E-state index contributed by atoms with van der Waals surface area (Å²) < 4.78 is 0.327. The summed E-state index contributed by atoms with van der Waals surface area (Å²) in [6, 6.07) is 7.17. The lowest BCUT2D eigenvalue weighted by atomic mass is 10.0. The lowest BCUT2D eigenvalue weighted by Crippen LogP contribution is -2.22. The molecule has 0 aliphatic carbocycles. The molecule has 1 aromatic rings. The van der Waals surface area contributed by atoms with Gasteiger partial charge in [-0.3, -0.25) is 0 Å². The Kier molecular flexibility index (Phi) is 5.08. The van der Waals surface area contributed by atoms with Crippen molar-refractivity contribution in [2.45, 2.75) is 45.4 Å². The summed E-state index contributed by atoms with van der Waals surface area (Å²) in [7, 11) is 2.05. The smallest absolute Gasteiger partial charge is 0.0412 e. The molecule has 0 fully saturated rings. The number of rotatable bonds is 4. The van der Waals surface area contributed by atoms with E-state index in [4.69, 9.17) is 0 Å². The van der Waals surface area contributed by atoms with Gasteiger partial charge < -0.3 is 5.32 Å². The maximum absolute atomic E-state index is 3.43. The highest BCUT2D eigenvalue weighted by Gasteiger charge is 2.17. The molecule has 1 atom stereocenters. The minimum Gasteiger partial charge on any atom is -0.312 e. The molecular weight excluding hydrogens is 226 g/mol. The number of nitrogens with one attached hydrogen (secondary N) is 1. The fraction of sp³-hybridized carbons (Fsp3) is 0.600. The second kappa shape index (κ2) is 5.92. The molecule has 1 unspecified atom stereocenters. The van der Waals surface area contributed by atoms with E-state index in [9.17, 15) is 0 Å². The number of benzene rings is 1. The van der Waals surface area contributed by atoms with Gasteiger partial charge in [-0.05, 0) is 32.0 Å². The van der Waals surface area contributed by atoms with Crippen molar-refractivity contribution in [1.29, 1.82) is 0 Å². The van der Waals surface area contributed by atoms with Crippen LogP contribution in [0.25, 0.3) is 0 Å². The van der Waals surface area contributed by atoms with Crippen molar-refractivity contribution in [2.75, 3.05) is 12.8 Å². The number of thioether (sulfide) groups is 1. The van der Waals surface area contributed by atoms with E-state index in [-0.39, 0.29) is 0 Å². The van der Waals surface area contributed by atoms with Crippen LogP contribution in [0.15, 0.2) is 18.2 Å². The fourth-order valence-electron chi connectivity index (χ4n) is 1.88. The topological polar surface area (TPSA) is 12.0 Å². The summed E-state index contributed by atoms with van der Waals surface area (Å²) in [6.45, 7) is 11.2. The highest BCUT2D eigenvalue weighted by molar-refractivity contribution is 8.00. The summed E-state index contributed by atoms with van der Waals surface area (Å²) in [5, 5.41) is 3.43. The van der Waals surface area contributed by atoms with Crippen LogP contribution >= 0.6 is 11.8 Å². The lowest BCUT2D eigenvalue weighted by molar-refractivity contribution is 0.652. The molecule has 1 N–H and O–H groups in total. The highest BCUT2D eigenvalue weighted by Crippen LogP contribution is 2.29. The minimum absolute atomic E-state index is 0.327. The van der Waals surface area contributed by atoms with Crippen LogP contribution in [0.4, 0.5) is 0 Å². The van der Waals surface area contributed by atoms with E-state index in [1.165, 1.54) is 16.7 Å². The number of hydrogen-bond acceptors (Lipinski definition) is 2. The average molecular weight is 251 g/mol. The molecular formula is C15H25NS. The molecule has 0 radical (unpaired) electrons. The van der Waals surface area contributed by atoms with E-state index in [0.29, 0.717) is 10.8 Å². The third-order valence-corrected chi connectivity index (χ3v) is 4.20. The molecule has 0 spiro atoms. The number of aryl methyl sites for hydroxylation is 2. The molecule has 0 aromatic heterocycles. The van der Waals surface area contributed by atoms with Crippen LogP contribution in [-0.2, 0) is 0 Å². The van der Waals surface area contributed by atoms with Gasteiger partial charge >= 0.3 is 0 Å². The van der Waals surface area contributed by atoms with Crippen molar-refractivity contribution in [3.8, 4) is 0 Å². The molecule has 0 aliphatic rings. The Bertz CT molecular complexity index is 366.